The zero-order chi connectivity index (χ0) is 20.3. The lowest BCUT2D eigenvalue weighted by Crippen LogP contribution is -2.33. The number of aliphatic hydroxyl groups is 1. The molecule has 0 aliphatic heterocycles. The molecule has 1 atom stereocenters. The molecule has 0 aliphatic carbocycles. The average Bonchev–Trinajstić information content (AvgIpc) is 3.04. The van der Waals surface area contributed by atoms with E-state index in [2.05, 4.69) is 36.7 Å². The van der Waals surface area contributed by atoms with E-state index < -0.39 is 6.10 Å². The Morgan fingerprint density at radius 3 is 2.64 bits per heavy atom. The number of aromatic amines is 1. The van der Waals surface area contributed by atoms with Crippen molar-refractivity contribution in [1.29, 1.82) is 0 Å². The Balaban J connectivity index is 1.92. The van der Waals surface area contributed by atoms with Gasteiger partial charge in [-0.15, -0.1) is 11.3 Å². The van der Waals surface area contributed by atoms with Crippen LogP contribution >= 0.6 is 11.3 Å². The van der Waals surface area contributed by atoms with Crippen molar-refractivity contribution in [3.63, 3.8) is 0 Å². The van der Waals surface area contributed by atoms with Gasteiger partial charge in [-0.25, -0.2) is 4.98 Å². The van der Waals surface area contributed by atoms with Gasteiger partial charge in [0.15, 0.2) is 0 Å². The summed E-state index contributed by atoms with van der Waals surface area (Å²) in [6.45, 7) is 10.2. The van der Waals surface area contributed by atoms with Crippen LogP contribution in [0.25, 0.3) is 21.3 Å². The first-order valence-corrected chi connectivity index (χ1v) is 10.7. The van der Waals surface area contributed by atoms with Gasteiger partial charge in [-0.2, -0.15) is 0 Å². The Labute approximate surface area is 170 Å². The molecular formula is C22H29N3O2S. The van der Waals surface area contributed by atoms with E-state index in [0.29, 0.717) is 30.2 Å². The van der Waals surface area contributed by atoms with Gasteiger partial charge in [0.25, 0.3) is 5.56 Å². The number of H-pyrrole nitrogens is 1. The molecule has 0 fully saturated rings. The molecule has 0 radical (unpaired) electrons. The van der Waals surface area contributed by atoms with Crippen LogP contribution in [0, 0.1) is 12.8 Å². The summed E-state index contributed by atoms with van der Waals surface area (Å²) >= 11 is 1.51. The standard InChI is InChI=1S/C22H29N3O2S/c1-14(2)9-10-25(11-16(4)26)12-19-23-21(27)20-18(13-28-22(20)24-19)17-8-6-5-7-15(17)3/h5-8,13-14,16,26H,9-12H2,1-4H3,(H,23,24,27). The van der Waals surface area contributed by atoms with Crippen LogP contribution in [0.1, 0.15) is 38.6 Å². The second kappa shape index (κ2) is 8.99. The number of nitrogens with one attached hydrogen (secondary N) is 1. The van der Waals surface area contributed by atoms with Crippen molar-refractivity contribution in [3.05, 3.63) is 51.4 Å². The molecule has 1 aromatic carbocycles. The Morgan fingerprint density at radius 1 is 1.21 bits per heavy atom. The van der Waals surface area contributed by atoms with Crippen LogP contribution in [0.3, 0.4) is 0 Å². The maximum absolute atomic E-state index is 12.9. The minimum Gasteiger partial charge on any atom is -0.392 e. The van der Waals surface area contributed by atoms with E-state index in [4.69, 9.17) is 4.98 Å². The lowest BCUT2D eigenvalue weighted by atomic mass is 10.0. The summed E-state index contributed by atoms with van der Waals surface area (Å²) in [4.78, 5) is 23.5. The van der Waals surface area contributed by atoms with Gasteiger partial charge in [0.2, 0.25) is 0 Å². The molecule has 3 aromatic rings. The monoisotopic (exact) mass is 399 g/mol. The van der Waals surface area contributed by atoms with Crippen LogP contribution in [0.2, 0.25) is 0 Å². The number of hydrogen-bond donors (Lipinski definition) is 2. The van der Waals surface area contributed by atoms with Crippen molar-refractivity contribution in [2.24, 2.45) is 5.92 Å². The Kier molecular flexibility index (Phi) is 6.65. The molecule has 1 unspecified atom stereocenters. The van der Waals surface area contributed by atoms with Crippen molar-refractivity contribution in [3.8, 4) is 11.1 Å². The Hall–Kier alpha value is -2.02. The van der Waals surface area contributed by atoms with Crippen LogP contribution < -0.4 is 5.56 Å². The quantitative estimate of drug-likeness (QED) is 0.596. The molecule has 150 valence electrons. The van der Waals surface area contributed by atoms with Crippen molar-refractivity contribution in [1.82, 2.24) is 14.9 Å². The fourth-order valence-electron chi connectivity index (χ4n) is 3.40. The minimum absolute atomic E-state index is 0.0969. The van der Waals surface area contributed by atoms with Gasteiger partial charge in [-0.05, 0) is 43.9 Å². The summed E-state index contributed by atoms with van der Waals surface area (Å²) < 4.78 is 0. The zero-order valence-electron chi connectivity index (χ0n) is 17.0. The lowest BCUT2D eigenvalue weighted by Gasteiger charge is -2.24. The molecule has 6 heteroatoms. The number of nitrogens with zero attached hydrogens (tertiary/aromatic N) is 2. The number of benzene rings is 1. The van der Waals surface area contributed by atoms with Gasteiger partial charge in [-0.1, -0.05) is 38.1 Å². The lowest BCUT2D eigenvalue weighted by molar-refractivity contribution is 0.117. The van der Waals surface area contributed by atoms with Crippen molar-refractivity contribution >= 4 is 21.6 Å². The molecule has 0 bridgehead atoms. The maximum Gasteiger partial charge on any atom is 0.260 e. The highest BCUT2D eigenvalue weighted by molar-refractivity contribution is 7.17. The summed E-state index contributed by atoms with van der Waals surface area (Å²) in [5.74, 6) is 1.24. The van der Waals surface area contributed by atoms with Gasteiger partial charge in [-0.3, -0.25) is 9.69 Å². The summed E-state index contributed by atoms with van der Waals surface area (Å²) in [6.07, 6.45) is 0.618. The van der Waals surface area contributed by atoms with E-state index in [0.717, 1.165) is 34.5 Å². The molecule has 5 nitrogen and oxygen atoms in total. The van der Waals surface area contributed by atoms with E-state index in [-0.39, 0.29) is 5.56 Å². The molecule has 0 saturated carbocycles. The van der Waals surface area contributed by atoms with Crippen molar-refractivity contribution < 1.29 is 5.11 Å². The topological polar surface area (TPSA) is 69.2 Å². The third-order valence-electron chi connectivity index (χ3n) is 4.85. The fraction of sp³-hybridized carbons (Fsp3) is 0.455. The molecular weight excluding hydrogens is 370 g/mol. The van der Waals surface area contributed by atoms with Crippen LogP contribution in [0.5, 0.6) is 0 Å². The third kappa shape index (κ3) is 4.87. The predicted molar refractivity (Wildman–Crippen MR) is 117 cm³/mol. The smallest absolute Gasteiger partial charge is 0.260 e. The number of aryl methyl sites for hydroxylation is 1. The molecule has 2 aromatic heterocycles. The largest absolute Gasteiger partial charge is 0.392 e. The highest BCUT2D eigenvalue weighted by Gasteiger charge is 2.16. The highest BCUT2D eigenvalue weighted by atomic mass is 32.1. The first-order valence-electron chi connectivity index (χ1n) is 9.82. The van der Waals surface area contributed by atoms with Crippen LogP contribution in [0.4, 0.5) is 0 Å². The second-order valence-electron chi connectivity index (χ2n) is 7.92. The normalized spacial score (nSPS) is 13.0. The van der Waals surface area contributed by atoms with Crippen LogP contribution in [-0.2, 0) is 6.54 Å². The predicted octanol–water partition coefficient (Wildman–Crippen LogP) is 4.19. The molecule has 0 saturated heterocycles. The highest BCUT2D eigenvalue weighted by Crippen LogP contribution is 2.32. The fourth-order valence-corrected chi connectivity index (χ4v) is 4.36. The van der Waals surface area contributed by atoms with E-state index in [1.54, 1.807) is 6.92 Å². The molecule has 28 heavy (non-hydrogen) atoms. The number of rotatable bonds is 8. The number of aliphatic hydroxyl groups excluding tert-OH is 1. The second-order valence-corrected chi connectivity index (χ2v) is 8.78. The van der Waals surface area contributed by atoms with Gasteiger partial charge in [0.05, 0.1) is 18.0 Å². The molecule has 2 N–H and O–H groups in total. The van der Waals surface area contributed by atoms with Crippen LogP contribution in [-0.4, -0.2) is 39.2 Å². The van der Waals surface area contributed by atoms with E-state index in [1.165, 1.54) is 11.3 Å². The summed E-state index contributed by atoms with van der Waals surface area (Å²) in [5.41, 5.74) is 3.06. The minimum atomic E-state index is -0.419. The van der Waals surface area contributed by atoms with E-state index >= 15 is 0 Å². The first-order chi connectivity index (χ1) is 13.3. The first kappa shape index (κ1) is 20.7. The summed E-state index contributed by atoms with van der Waals surface area (Å²) in [5, 5.41) is 12.5. The molecule has 2 heterocycles. The van der Waals surface area contributed by atoms with Crippen LogP contribution in [0.15, 0.2) is 34.4 Å². The molecule has 0 aliphatic rings. The summed E-state index contributed by atoms with van der Waals surface area (Å²) in [7, 11) is 0. The third-order valence-corrected chi connectivity index (χ3v) is 5.72. The SMILES string of the molecule is Cc1ccccc1-c1csc2nc(CN(CCC(C)C)CC(C)O)[nH]c(=O)c12. The van der Waals surface area contributed by atoms with Gasteiger partial charge < -0.3 is 10.1 Å². The molecule has 3 rings (SSSR count). The number of aromatic nitrogens is 2. The number of hydrogen-bond acceptors (Lipinski definition) is 5. The Morgan fingerprint density at radius 2 is 1.96 bits per heavy atom. The zero-order valence-corrected chi connectivity index (χ0v) is 17.8. The number of thiophene rings is 1. The average molecular weight is 400 g/mol. The Bertz CT molecular complexity index is 991. The van der Waals surface area contributed by atoms with Crippen molar-refractivity contribution in [2.45, 2.75) is 46.8 Å². The van der Waals surface area contributed by atoms with E-state index in [9.17, 15) is 9.90 Å². The van der Waals surface area contributed by atoms with E-state index in [1.807, 2.05) is 23.6 Å². The number of fused-ring (bicyclic) bond motifs is 1. The molecule has 0 amide bonds. The van der Waals surface area contributed by atoms with Crippen molar-refractivity contribution in [2.75, 3.05) is 13.1 Å². The summed E-state index contributed by atoms with van der Waals surface area (Å²) in [6, 6.07) is 8.09. The maximum atomic E-state index is 12.9. The van der Waals surface area contributed by atoms with Gasteiger partial charge in [0, 0.05) is 17.5 Å². The van der Waals surface area contributed by atoms with Gasteiger partial charge in [0.1, 0.15) is 10.7 Å². The molecule has 0 spiro atoms. The van der Waals surface area contributed by atoms with Gasteiger partial charge >= 0.3 is 0 Å².